The number of aliphatic hydroxyl groups excluding tert-OH is 1. The quantitative estimate of drug-likeness (QED) is 0.808. The summed E-state index contributed by atoms with van der Waals surface area (Å²) >= 11 is 0. The number of likely N-dealkylation sites (tertiary alicyclic amines) is 1. The number of nitrogens with one attached hydrogen (secondary N) is 1. The van der Waals surface area contributed by atoms with Crippen LogP contribution in [0.2, 0.25) is 0 Å². The van der Waals surface area contributed by atoms with E-state index in [1.54, 1.807) is 0 Å². The minimum Gasteiger partial charge on any atom is -0.392 e. The van der Waals surface area contributed by atoms with Crippen LogP contribution in [0.3, 0.4) is 0 Å². The minimum absolute atomic E-state index is 0.150. The highest BCUT2D eigenvalue weighted by Gasteiger charge is 2.29. The number of β-amino-alcohol motifs (C(OH)–C–C–N with tert-alkyl or cyclic N) is 1. The van der Waals surface area contributed by atoms with Crippen molar-refractivity contribution in [3.63, 3.8) is 0 Å². The van der Waals surface area contributed by atoms with Crippen LogP contribution in [0.1, 0.15) is 13.3 Å². The lowest BCUT2D eigenvalue weighted by Crippen LogP contribution is -2.34. The van der Waals surface area contributed by atoms with Gasteiger partial charge < -0.3 is 10.4 Å². The molecular weight excluding hydrogens is 200 g/mol. The van der Waals surface area contributed by atoms with E-state index in [1.807, 2.05) is 18.2 Å². The molecule has 1 aliphatic rings. The maximum Gasteiger partial charge on any atom is 0.0682 e. The minimum atomic E-state index is -0.150. The van der Waals surface area contributed by atoms with E-state index in [-0.39, 0.29) is 6.10 Å². The Labute approximate surface area is 97.1 Å². The lowest BCUT2D eigenvalue weighted by molar-refractivity contribution is 0.177. The summed E-state index contributed by atoms with van der Waals surface area (Å²) in [5, 5.41) is 13.0. The first kappa shape index (κ1) is 11.4. The molecule has 1 aromatic rings. The molecule has 88 valence electrons. The van der Waals surface area contributed by atoms with E-state index >= 15 is 0 Å². The normalized spacial score (nSPS) is 25.9. The SMILES string of the molecule is CCN1CC(O)CC1CNc1ccccc1. The van der Waals surface area contributed by atoms with Gasteiger partial charge in [-0.1, -0.05) is 25.1 Å². The summed E-state index contributed by atoms with van der Waals surface area (Å²) in [6.45, 7) is 4.89. The van der Waals surface area contributed by atoms with E-state index in [9.17, 15) is 5.11 Å². The van der Waals surface area contributed by atoms with Crippen molar-refractivity contribution < 1.29 is 5.11 Å². The summed E-state index contributed by atoms with van der Waals surface area (Å²) < 4.78 is 0. The second kappa shape index (κ2) is 5.32. The van der Waals surface area contributed by atoms with Gasteiger partial charge in [0.25, 0.3) is 0 Å². The number of likely N-dealkylation sites (N-methyl/N-ethyl adjacent to an activating group) is 1. The van der Waals surface area contributed by atoms with Gasteiger partial charge in [0, 0.05) is 24.8 Å². The van der Waals surface area contributed by atoms with Gasteiger partial charge in [0.15, 0.2) is 0 Å². The molecule has 1 aliphatic heterocycles. The number of anilines is 1. The first-order valence-electron chi connectivity index (χ1n) is 6.00. The van der Waals surface area contributed by atoms with E-state index < -0.39 is 0 Å². The molecule has 2 rings (SSSR count). The summed E-state index contributed by atoms with van der Waals surface area (Å²) in [5.41, 5.74) is 1.15. The second-order valence-electron chi connectivity index (χ2n) is 4.38. The molecule has 16 heavy (non-hydrogen) atoms. The van der Waals surface area contributed by atoms with Crippen LogP contribution in [0, 0.1) is 0 Å². The molecule has 0 radical (unpaired) electrons. The van der Waals surface area contributed by atoms with Crippen LogP contribution in [0.25, 0.3) is 0 Å². The third-order valence-corrected chi connectivity index (χ3v) is 3.23. The molecule has 3 heteroatoms. The predicted octanol–water partition coefficient (Wildman–Crippen LogP) is 1.55. The molecule has 1 heterocycles. The fourth-order valence-corrected chi connectivity index (χ4v) is 2.35. The lowest BCUT2D eigenvalue weighted by atomic mass is 10.2. The summed E-state index contributed by atoms with van der Waals surface area (Å²) in [6, 6.07) is 10.7. The van der Waals surface area contributed by atoms with E-state index in [2.05, 4.69) is 29.3 Å². The van der Waals surface area contributed by atoms with Gasteiger partial charge in [0.05, 0.1) is 6.10 Å². The zero-order chi connectivity index (χ0) is 11.4. The summed E-state index contributed by atoms with van der Waals surface area (Å²) in [6.07, 6.45) is 0.732. The first-order valence-corrected chi connectivity index (χ1v) is 6.00. The molecule has 0 aromatic heterocycles. The van der Waals surface area contributed by atoms with E-state index in [4.69, 9.17) is 0 Å². The van der Waals surface area contributed by atoms with Gasteiger partial charge in [-0.05, 0) is 25.1 Å². The summed E-state index contributed by atoms with van der Waals surface area (Å²) in [7, 11) is 0. The molecule has 2 unspecified atom stereocenters. The Morgan fingerprint density at radius 1 is 1.38 bits per heavy atom. The zero-order valence-corrected chi connectivity index (χ0v) is 9.76. The van der Waals surface area contributed by atoms with Crippen molar-refractivity contribution >= 4 is 5.69 Å². The molecule has 2 N–H and O–H groups in total. The monoisotopic (exact) mass is 220 g/mol. The van der Waals surface area contributed by atoms with Crippen LogP contribution >= 0.6 is 0 Å². The molecule has 3 nitrogen and oxygen atoms in total. The Balaban J connectivity index is 1.86. The fourth-order valence-electron chi connectivity index (χ4n) is 2.35. The molecule has 2 atom stereocenters. The number of hydrogen-bond acceptors (Lipinski definition) is 3. The van der Waals surface area contributed by atoms with Crippen LogP contribution in [0.15, 0.2) is 30.3 Å². The molecule has 0 spiro atoms. The lowest BCUT2D eigenvalue weighted by Gasteiger charge is -2.22. The standard InChI is InChI=1S/C13H20N2O/c1-2-15-10-13(16)8-12(15)9-14-11-6-4-3-5-7-11/h3-7,12-14,16H,2,8-10H2,1H3. The number of para-hydroxylation sites is 1. The van der Waals surface area contributed by atoms with E-state index in [0.717, 1.165) is 31.7 Å². The van der Waals surface area contributed by atoms with Gasteiger partial charge in [0.1, 0.15) is 0 Å². The van der Waals surface area contributed by atoms with Crippen LogP contribution in [0.5, 0.6) is 0 Å². The average molecular weight is 220 g/mol. The van der Waals surface area contributed by atoms with Gasteiger partial charge in [0.2, 0.25) is 0 Å². The third kappa shape index (κ3) is 2.74. The largest absolute Gasteiger partial charge is 0.392 e. The van der Waals surface area contributed by atoms with Gasteiger partial charge in [-0.3, -0.25) is 4.90 Å². The van der Waals surface area contributed by atoms with Crippen molar-refractivity contribution in [1.29, 1.82) is 0 Å². The van der Waals surface area contributed by atoms with Crippen molar-refractivity contribution in [3.05, 3.63) is 30.3 Å². The third-order valence-electron chi connectivity index (χ3n) is 3.23. The second-order valence-corrected chi connectivity index (χ2v) is 4.38. The highest BCUT2D eigenvalue weighted by atomic mass is 16.3. The van der Waals surface area contributed by atoms with Crippen LogP contribution < -0.4 is 5.32 Å². The number of rotatable bonds is 4. The summed E-state index contributed by atoms with van der Waals surface area (Å²) in [4.78, 5) is 2.33. The molecule has 0 saturated carbocycles. The van der Waals surface area contributed by atoms with Crippen molar-refractivity contribution in [2.24, 2.45) is 0 Å². The Bertz CT molecular complexity index is 315. The zero-order valence-electron chi connectivity index (χ0n) is 9.76. The Kier molecular flexibility index (Phi) is 3.80. The van der Waals surface area contributed by atoms with E-state index in [0.29, 0.717) is 6.04 Å². The molecule has 0 aliphatic carbocycles. The fraction of sp³-hybridized carbons (Fsp3) is 0.538. The average Bonchev–Trinajstić information content (AvgIpc) is 2.68. The van der Waals surface area contributed by atoms with Crippen LogP contribution in [0.4, 0.5) is 5.69 Å². The number of benzene rings is 1. The predicted molar refractivity (Wildman–Crippen MR) is 66.6 cm³/mol. The van der Waals surface area contributed by atoms with Crippen molar-refractivity contribution in [2.45, 2.75) is 25.5 Å². The topological polar surface area (TPSA) is 35.5 Å². The van der Waals surface area contributed by atoms with Crippen molar-refractivity contribution in [1.82, 2.24) is 4.90 Å². The molecular formula is C13H20N2O. The Morgan fingerprint density at radius 2 is 2.12 bits per heavy atom. The van der Waals surface area contributed by atoms with Crippen molar-refractivity contribution in [3.8, 4) is 0 Å². The number of aliphatic hydroxyl groups is 1. The first-order chi connectivity index (χ1) is 7.79. The molecule has 1 saturated heterocycles. The smallest absolute Gasteiger partial charge is 0.0682 e. The van der Waals surface area contributed by atoms with Crippen LogP contribution in [-0.4, -0.2) is 41.8 Å². The number of nitrogens with zero attached hydrogens (tertiary/aromatic N) is 1. The Morgan fingerprint density at radius 3 is 2.81 bits per heavy atom. The highest BCUT2D eigenvalue weighted by Crippen LogP contribution is 2.18. The summed E-state index contributed by atoms with van der Waals surface area (Å²) in [5.74, 6) is 0. The molecule has 1 aromatic carbocycles. The van der Waals surface area contributed by atoms with Gasteiger partial charge >= 0.3 is 0 Å². The van der Waals surface area contributed by atoms with Gasteiger partial charge in [-0.25, -0.2) is 0 Å². The van der Waals surface area contributed by atoms with Gasteiger partial charge in [-0.15, -0.1) is 0 Å². The van der Waals surface area contributed by atoms with Crippen molar-refractivity contribution in [2.75, 3.05) is 25.0 Å². The van der Waals surface area contributed by atoms with E-state index in [1.165, 1.54) is 0 Å². The molecule has 0 bridgehead atoms. The maximum atomic E-state index is 9.63. The Hall–Kier alpha value is -1.06. The van der Waals surface area contributed by atoms with Crippen LogP contribution in [-0.2, 0) is 0 Å². The maximum absolute atomic E-state index is 9.63. The molecule has 0 amide bonds. The number of hydrogen-bond donors (Lipinski definition) is 2. The highest BCUT2D eigenvalue weighted by molar-refractivity contribution is 5.42. The van der Waals surface area contributed by atoms with Gasteiger partial charge in [-0.2, -0.15) is 0 Å². The molecule has 1 fully saturated rings.